The Morgan fingerprint density at radius 1 is 0.812 bits per heavy atom. The van der Waals surface area contributed by atoms with Gasteiger partial charge in [-0.15, -0.1) is 17.5 Å². The van der Waals surface area contributed by atoms with Crippen molar-refractivity contribution in [2.24, 2.45) is 0 Å². The zero-order valence-electron chi connectivity index (χ0n) is 16.7. The molecule has 6 aromatic rings. The minimum absolute atomic E-state index is 0. The summed E-state index contributed by atoms with van der Waals surface area (Å²) in [5.41, 5.74) is 2.43. The third-order valence-electron chi connectivity index (χ3n) is 5.32. The molecule has 6 heteroatoms. The predicted molar refractivity (Wildman–Crippen MR) is 121 cm³/mol. The molecule has 0 fully saturated rings. The van der Waals surface area contributed by atoms with Gasteiger partial charge in [0.1, 0.15) is 17.1 Å². The Bertz CT molecular complexity index is 1580. The first-order chi connectivity index (χ1) is 15.3. The van der Waals surface area contributed by atoms with E-state index in [-0.39, 0.29) is 26.8 Å². The molecular weight excluding hydrogens is 581 g/mol. The number of pyridine rings is 2. The second-order valence-electron chi connectivity index (χ2n) is 7.23. The molecule has 6 rings (SSSR count). The maximum atomic E-state index is 10.1. The first-order valence-electron chi connectivity index (χ1n) is 9.91. The van der Waals surface area contributed by atoms with Gasteiger partial charge < -0.3 is 14.4 Å². The molecule has 1 N–H and O–H groups in total. The van der Waals surface area contributed by atoms with Crippen LogP contribution in [0.4, 0.5) is 0 Å². The number of phenolic OH excluding ortho intramolecular Hbond substituents is 1. The van der Waals surface area contributed by atoms with E-state index in [4.69, 9.17) is 4.74 Å². The summed E-state index contributed by atoms with van der Waals surface area (Å²) in [6, 6.07) is 30.3. The molecule has 0 unspecified atom stereocenters. The molecule has 3 heterocycles. The van der Waals surface area contributed by atoms with E-state index in [9.17, 15) is 5.11 Å². The Hall–Kier alpha value is -3.69. The van der Waals surface area contributed by atoms with E-state index in [2.05, 4.69) is 32.7 Å². The van der Waals surface area contributed by atoms with Crippen LogP contribution in [0, 0.1) is 6.07 Å². The van der Waals surface area contributed by atoms with Crippen molar-refractivity contribution in [2.45, 2.75) is 0 Å². The molecule has 0 bridgehead atoms. The fourth-order valence-electron chi connectivity index (χ4n) is 3.94. The Morgan fingerprint density at radius 2 is 1.69 bits per heavy atom. The number of fused-ring (bicyclic) bond motifs is 4. The molecule has 0 radical (unpaired) electrons. The number of benzene rings is 3. The number of ether oxygens (including phenoxy) is 1. The standard InChI is InChI=1S/C26H16N3O2.Pt/c30-23-9-5-6-17-11-14-25(28-26(17)23)31-18-12-13-20-19-7-1-2-8-21(19)29(22(20)16-18)24-10-3-4-15-27-24;/h1-15,30H;/q-1;. The van der Waals surface area contributed by atoms with Crippen LogP contribution in [-0.2, 0) is 21.1 Å². The van der Waals surface area contributed by atoms with Crippen molar-refractivity contribution < 1.29 is 30.9 Å². The van der Waals surface area contributed by atoms with Crippen molar-refractivity contribution in [1.82, 2.24) is 14.5 Å². The molecule has 0 aliphatic rings. The minimum Gasteiger partial charge on any atom is -0.506 e. The van der Waals surface area contributed by atoms with Crippen molar-refractivity contribution in [1.29, 1.82) is 0 Å². The summed E-state index contributed by atoms with van der Waals surface area (Å²) in [5.74, 6) is 1.87. The molecule has 32 heavy (non-hydrogen) atoms. The fraction of sp³-hybridized carbons (Fsp3) is 0. The van der Waals surface area contributed by atoms with Crippen molar-refractivity contribution >= 4 is 32.7 Å². The molecule has 3 aromatic heterocycles. The van der Waals surface area contributed by atoms with Gasteiger partial charge >= 0.3 is 0 Å². The largest absolute Gasteiger partial charge is 0.506 e. The van der Waals surface area contributed by atoms with Crippen LogP contribution in [0.25, 0.3) is 38.5 Å². The molecule has 0 aliphatic carbocycles. The third kappa shape index (κ3) is 3.31. The number of phenols is 1. The summed E-state index contributed by atoms with van der Waals surface area (Å²) in [4.78, 5) is 9.00. The van der Waals surface area contributed by atoms with E-state index < -0.39 is 0 Å². The van der Waals surface area contributed by atoms with Gasteiger partial charge in [0.25, 0.3) is 0 Å². The molecule has 0 aliphatic heterocycles. The van der Waals surface area contributed by atoms with E-state index in [1.807, 2.05) is 54.6 Å². The molecule has 0 atom stereocenters. The van der Waals surface area contributed by atoms with Crippen LogP contribution in [0.1, 0.15) is 0 Å². The van der Waals surface area contributed by atoms with Gasteiger partial charge in [-0.2, -0.15) is 6.07 Å². The smallest absolute Gasteiger partial charge is 0.217 e. The second kappa shape index (κ2) is 8.10. The summed E-state index contributed by atoms with van der Waals surface area (Å²) < 4.78 is 8.11. The van der Waals surface area contributed by atoms with Crippen LogP contribution in [0.15, 0.2) is 91.1 Å². The number of para-hydroxylation sites is 2. The molecule has 0 saturated carbocycles. The number of rotatable bonds is 3. The zero-order chi connectivity index (χ0) is 20.8. The van der Waals surface area contributed by atoms with Crippen LogP contribution in [0.2, 0.25) is 0 Å². The van der Waals surface area contributed by atoms with Crippen LogP contribution < -0.4 is 4.74 Å². The van der Waals surface area contributed by atoms with E-state index in [1.54, 1.807) is 24.4 Å². The molecule has 0 spiro atoms. The van der Waals surface area contributed by atoms with Crippen LogP contribution in [-0.4, -0.2) is 19.6 Å². The molecule has 3 aromatic carbocycles. The summed E-state index contributed by atoms with van der Waals surface area (Å²) in [6.07, 6.45) is 1.78. The van der Waals surface area contributed by atoms with Gasteiger partial charge in [-0.1, -0.05) is 41.9 Å². The van der Waals surface area contributed by atoms with Crippen molar-refractivity contribution in [2.75, 3.05) is 0 Å². The summed E-state index contributed by atoms with van der Waals surface area (Å²) in [6.45, 7) is 0. The quantitative estimate of drug-likeness (QED) is 0.254. The topological polar surface area (TPSA) is 60.2 Å². The van der Waals surface area contributed by atoms with Crippen molar-refractivity contribution in [3.05, 3.63) is 97.2 Å². The van der Waals surface area contributed by atoms with E-state index in [0.29, 0.717) is 17.1 Å². The Morgan fingerprint density at radius 3 is 2.56 bits per heavy atom. The Kier molecular flexibility index (Phi) is 5.12. The number of aromatic hydroxyl groups is 1. The second-order valence-corrected chi connectivity index (χ2v) is 7.23. The van der Waals surface area contributed by atoms with E-state index in [1.165, 1.54) is 0 Å². The van der Waals surface area contributed by atoms with Gasteiger partial charge in [0, 0.05) is 50.0 Å². The molecule has 158 valence electrons. The first-order valence-corrected chi connectivity index (χ1v) is 9.91. The van der Waals surface area contributed by atoms with Gasteiger partial charge in [0.2, 0.25) is 5.88 Å². The van der Waals surface area contributed by atoms with Gasteiger partial charge in [-0.25, -0.2) is 9.97 Å². The van der Waals surface area contributed by atoms with Crippen LogP contribution in [0.5, 0.6) is 17.4 Å². The molecule has 0 saturated heterocycles. The van der Waals surface area contributed by atoms with Gasteiger partial charge in [-0.3, -0.25) is 0 Å². The monoisotopic (exact) mass is 597 g/mol. The normalized spacial score (nSPS) is 11.0. The maximum absolute atomic E-state index is 10.1. The van der Waals surface area contributed by atoms with E-state index >= 15 is 0 Å². The van der Waals surface area contributed by atoms with Crippen LogP contribution in [0.3, 0.4) is 0 Å². The minimum atomic E-state index is 0. The maximum Gasteiger partial charge on any atom is 0.217 e. The zero-order valence-corrected chi connectivity index (χ0v) is 18.9. The van der Waals surface area contributed by atoms with Gasteiger partial charge in [0.05, 0.1) is 0 Å². The number of hydrogen-bond acceptors (Lipinski definition) is 4. The predicted octanol–water partition coefficient (Wildman–Crippen LogP) is 6.02. The number of nitrogens with zero attached hydrogens (tertiary/aromatic N) is 3. The average Bonchev–Trinajstić information content (AvgIpc) is 3.14. The van der Waals surface area contributed by atoms with Crippen molar-refractivity contribution in [3.8, 4) is 23.2 Å². The molecule has 0 amide bonds. The molecular formula is C26H16N3O2Pt-. The molecule has 5 nitrogen and oxygen atoms in total. The summed E-state index contributed by atoms with van der Waals surface area (Å²) in [5, 5.41) is 13.2. The Balaban J connectivity index is 0.00000216. The van der Waals surface area contributed by atoms with Gasteiger partial charge in [-0.05, 0) is 35.7 Å². The third-order valence-corrected chi connectivity index (χ3v) is 5.32. The number of aromatic nitrogens is 3. The van der Waals surface area contributed by atoms with Crippen molar-refractivity contribution in [3.63, 3.8) is 0 Å². The van der Waals surface area contributed by atoms with E-state index in [0.717, 1.165) is 33.0 Å². The number of hydrogen-bond donors (Lipinski definition) is 1. The summed E-state index contributed by atoms with van der Waals surface area (Å²) in [7, 11) is 0. The van der Waals surface area contributed by atoms with Gasteiger partial charge in [0.15, 0.2) is 0 Å². The average molecular weight is 598 g/mol. The first kappa shape index (κ1) is 20.2. The summed E-state index contributed by atoms with van der Waals surface area (Å²) >= 11 is 0. The fourth-order valence-corrected chi connectivity index (χ4v) is 3.94. The SMILES string of the molecule is Oc1cccc2ccc(Oc3[c-]c4c(cc3)c3ccccc3n4-c3ccccn3)nc12.[Pt]. The van der Waals surface area contributed by atoms with Crippen LogP contribution >= 0.6 is 0 Å². The Labute approximate surface area is 198 Å².